The van der Waals surface area contributed by atoms with Gasteiger partial charge in [0.15, 0.2) is 0 Å². The molecule has 2 rings (SSSR count). The fraction of sp³-hybridized carbons (Fsp3) is 0.812. The Morgan fingerprint density at radius 3 is 2.26 bits per heavy atom. The number of ether oxygens (including phenoxy) is 1. The van der Waals surface area contributed by atoms with E-state index in [1.54, 1.807) is 0 Å². The van der Waals surface area contributed by atoms with Crippen molar-refractivity contribution in [2.45, 2.75) is 76.9 Å². The first kappa shape index (κ1) is 14.2. The lowest BCUT2D eigenvalue weighted by Crippen LogP contribution is -2.62. The first-order chi connectivity index (χ1) is 8.78. The lowest BCUT2D eigenvalue weighted by Gasteiger charge is -2.55. The summed E-state index contributed by atoms with van der Waals surface area (Å²) in [5.41, 5.74) is -0.564. The summed E-state index contributed by atoms with van der Waals surface area (Å²) in [5.74, 6) is 2.79. The molecule has 0 bridgehead atoms. The number of rotatable bonds is 1. The van der Waals surface area contributed by atoms with Gasteiger partial charge in [-0.25, -0.2) is 4.79 Å². The van der Waals surface area contributed by atoms with Gasteiger partial charge in [0.2, 0.25) is 0 Å². The summed E-state index contributed by atoms with van der Waals surface area (Å²) >= 11 is 0. The van der Waals surface area contributed by atoms with E-state index in [0.717, 1.165) is 12.8 Å². The van der Waals surface area contributed by atoms with Gasteiger partial charge in [0, 0.05) is 0 Å². The smallest absolute Gasteiger partial charge is 0.408 e. The van der Waals surface area contributed by atoms with Crippen LogP contribution in [-0.4, -0.2) is 17.2 Å². The second-order valence-corrected chi connectivity index (χ2v) is 7.27. The third-order valence-corrected chi connectivity index (χ3v) is 4.28. The highest BCUT2D eigenvalue weighted by atomic mass is 16.6. The number of nitrogens with one attached hydrogen (secondary N) is 1. The van der Waals surface area contributed by atoms with Crippen molar-refractivity contribution in [3.05, 3.63) is 0 Å². The van der Waals surface area contributed by atoms with Gasteiger partial charge in [-0.2, -0.15) is 0 Å². The van der Waals surface area contributed by atoms with Crippen LogP contribution in [0.5, 0.6) is 0 Å². The zero-order valence-electron chi connectivity index (χ0n) is 12.3. The number of amides is 1. The van der Waals surface area contributed by atoms with Gasteiger partial charge in [0.05, 0.1) is 0 Å². The number of hydrogen-bond acceptors (Lipinski definition) is 2. The average molecular weight is 263 g/mol. The van der Waals surface area contributed by atoms with Crippen molar-refractivity contribution in [2.24, 2.45) is 5.41 Å². The summed E-state index contributed by atoms with van der Waals surface area (Å²) in [4.78, 5) is 11.9. The molecule has 0 aromatic heterocycles. The van der Waals surface area contributed by atoms with Gasteiger partial charge in [0.1, 0.15) is 11.1 Å². The van der Waals surface area contributed by atoms with Gasteiger partial charge in [-0.15, -0.1) is 6.42 Å². The van der Waals surface area contributed by atoms with E-state index in [0.29, 0.717) is 5.41 Å². The molecule has 19 heavy (non-hydrogen) atoms. The molecule has 3 heteroatoms. The highest BCUT2D eigenvalue weighted by Gasteiger charge is 2.54. The first-order valence-corrected chi connectivity index (χ1v) is 7.27. The quantitative estimate of drug-likeness (QED) is 0.734. The number of hydrogen-bond donors (Lipinski definition) is 1. The summed E-state index contributed by atoms with van der Waals surface area (Å²) in [7, 11) is 0. The normalized spacial score (nSPS) is 24.1. The van der Waals surface area contributed by atoms with Crippen LogP contribution in [0.15, 0.2) is 0 Å². The average Bonchev–Trinajstić information content (AvgIpc) is 2.25. The van der Waals surface area contributed by atoms with Gasteiger partial charge >= 0.3 is 6.09 Å². The Morgan fingerprint density at radius 1 is 1.21 bits per heavy atom. The molecule has 0 aromatic rings. The van der Waals surface area contributed by atoms with E-state index in [1.165, 1.54) is 32.1 Å². The second-order valence-electron chi connectivity index (χ2n) is 7.27. The van der Waals surface area contributed by atoms with Crippen LogP contribution in [-0.2, 0) is 4.74 Å². The van der Waals surface area contributed by atoms with Crippen LogP contribution in [0.25, 0.3) is 0 Å². The Kier molecular flexibility index (Phi) is 3.55. The summed E-state index contributed by atoms with van der Waals surface area (Å²) in [6.07, 6.45) is 13.5. The highest BCUT2D eigenvalue weighted by Crippen LogP contribution is 2.56. The van der Waals surface area contributed by atoms with Crippen molar-refractivity contribution in [2.75, 3.05) is 0 Å². The van der Waals surface area contributed by atoms with E-state index in [-0.39, 0.29) is 0 Å². The van der Waals surface area contributed by atoms with Gasteiger partial charge in [-0.3, -0.25) is 0 Å². The Balaban J connectivity index is 1.92. The summed E-state index contributed by atoms with van der Waals surface area (Å²) in [6.45, 7) is 5.58. The van der Waals surface area contributed by atoms with Crippen LogP contribution in [0.2, 0.25) is 0 Å². The largest absolute Gasteiger partial charge is 0.444 e. The van der Waals surface area contributed by atoms with Crippen molar-refractivity contribution < 1.29 is 9.53 Å². The van der Waals surface area contributed by atoms with Crippen LogP contribution >= 0.6 is 0 Å². The van der Waals surface area contributed by atoms with Crippen molar-refractivity contribution in [3.63, 3.8) is 0 Å². The molecule has 2 aliphatic rings. The van der Waals surface area contributed by atoms with E-state index in [9.17, 15) is 4.79 Å². The second kappa shape index (κ2) is 4.74. The standard InChI is InChI=1S/C16H25NO2/c1-5-16(17-13(18)19-14(2,3)4)11-15(12-16)9-7-6-8-10-15/h1H,6-12H2,2-4H3,(H,17,18). The fourth-order valence-corrected chi connectivity index (χ4v) is 3.61. The summed E-state index contributed by atoms with van der Waals surface area (Å²) < 4.78 is 5.30. The molecule has 2 fully saturated rings. The Bertz CT molecular complexity index is 386. The number of alkyl carbamates (subject to hydrolysis) is 1. The van der Waals surface area contributed by atoms with Crippen LogP contribution in [0.3, 0.4) is 0 Å². The topological polar surface area (TPSA) is 38.3 Å². The third kappa shape index (κ3) is 3.23. The van der Waals surface area contributed by atoms with E-state index < -0.39 is 17.2 Å². The van der Waals surface area contributed by atoms with E-state index >= 15 is 0 Å². The minimum absolute atomic E-state index is 0.389. The molecule has 1 N–H and O–H groups in total. The fourth-order valence-electron chi connectivity index (χ4n) is 3.61. The van der Waals surface area contributed by atoms with E-state index in [4.69, 9.17) is 11.2 Å². The van der Waals surface area contributed by atoms with Gasteiger partial charge in [0.25, 0.3) is 0 Å². The minimum Gasteiger partial charge on any atom is -0.444 e. The molecule has 1 amide bonds. The van der Waals surface area contributed by atoms with Gasteiger partial charge in [-0.1, -0.05) is 25.2 Å². The number of carbonyl (C=O) groups excluding carboxylic acids is 1. The van der Waals surface area contributed by atoms with Crippen LogP contribution in [0.1, 0.15) is 65.7 Å². The maximum atomic E-state index is 11.9. The maximum Gasteiger partial charge on any atom is 0.408 e. The van der Waals surface area contributed by atoms with Crippen LogP contribution in [0.4, 0.5) is 4.79 Å². The minimum atomic E-state index is -0.480. The van der Waals surface area contributed by atoms with Gasteiger partial charge < -0.3 is 10.1 Å². The molecule has 1 spiro atoms. The molecule has 2 aliphatic carbocycles. The first-order valence-electron chi connectivity index (χ1n) is 7.27. The van der Waals surface area contributed by atoms with E-state index in [2.05, 4.69) is 11.2 Å². The predicted octanol–water partition coefficient (Wildman–Crippen LogP) is 3.63. The highest BCUT2D eigenvalue weighted by molar-refractivity contribution is 5.70. The van der Waals surface area contributed by atoms with Gasteiger partial charge in [-0.05, 0) is 51.9 Å². The molecule has 2 saturated carbocycles. The summed E-state index contributed by atoms with van der Waals surface area (Å²) in [6, 6.07) is 0. The maximum absolute atomic E-state index is 11.9. The Labute approximate surface area is 116 Å². The number of carbonyl (C=O) groups is 1. The third-order valence-electron chi connectivity index (χ3n) is 4.28. The summed E-state index contributed by atoms with van der Waals surface area (Å²) in [5, 5.41) is 2.91. The molecular weight excluding hydrogens is 238 g/mol. The molecule has 0 atom stereocenters. The van der Waals surface area contributed by atoms with E-state index in [1.807, 2.05) is 20.8 Å². The molecule has 3 nitrogen and oxygen atoms in total. The number of terminal acetylenes is 1. The molecule has 0 unspecified atom stereocenters. The Hall–Kier alpha value is -1.17. The zero-order chi connectivity index (χ0) is 14.1. The molecule has 0 aromatic carbocycles. The lowest BCUT2D eigenvalue weighted by atomic mass is 9.52. The molecule has 0 radical (unpaired) electrons. The van der Waals surface area contributed by atoms with Crippen molar-refractivity contribution in [1.29, 1.82) is 0 Å². The molecule has 0 heterocycles. The van der Waals surface area contributed by atoms with Crippen LogP contribution in [0, 0.1) is 17.8 Å². The lowest BCUT2D eigenvalue weighted by molar-refractivity contribution is -0.00860. The Morgan fingerprint density at radius 2 is 1.79 bits per heavy atom. The molecule has 0 aliphatic heterocycles. The van der Waals surface area contributed by atoms with Crippen molar-refractivity contribution >= 4 is 6.09 Å². The predicted molar refractivity (Wildman–Crippen MR) is 75.7 cm³/mol. The molecule has 0 saturated heterocycles. The van der Waals surface area contributed by atoms with Crippen LogP contribution < -0.4 is 5.32 Å². The monoisotopic (exact) mass is 263 g/mol. The SMILES string of the molecule is C#CC1(NC(=O)OC(C)(C)C)CC2(CCCCC2)C1. The molecular formula is C16H25NO2. The molecule has 106 valence electrons. The van der Waals surface area contributed by atoms with Crippen molar-refractivity contribution in [1.82, 2.24) is 5.32 Å². The van der Waals surface area contributed by atoms with Crippen molar-refractivity contribution in [3.8, 4) is 12.3 Å². The zero-order valence-corrected chi connectivity index (χ0v) is 12.3.